The Balaban J connectivity index is 1.35. The predicted molar refractivity (Wildman–Crippen MR) is 159 cm³/mol. The highest BCUT2D eigenvalue weighted by Crippen LogP contribution is 2.32. The average Bonchev–Trinajstić information content (AvgIpc) is 2.95. The number of hydrogen-bond donors (Lipinski definition) is 0. The summed E-state index contributed by atoms with van der Waals surface area (Å²) in [7, 11) is 0. The molecule has 0 unspecified atom stereocenters. The monoisotopic (exact) mass is 543 g/mol. The third kappa shape index (κ3) is 11.2. The van der Waals surface area contributed by atoms with Crippen LogP contribution in [0.15, 0.2) is 36.5 Å². The van der Waals surface area contributed by atoms with Crippen LogP contribution in [0.4, 0.5) is 0 Å². The van der Waals surface area contributed by atoms with Gasteiger partial charge in [0, 0.05) is 23.2 Å². The fourth-order valence-electron chi connectivity index (χ4n) is 5.03. The second-order valence-corrected chi connectivity index (χ2v) is 11.3. The lowest BCUT2D eigenvalue weighted by Gasteiger charge is -2.29. The molecule has 1 saturated heterocycles. The van der Waals surface area contributed by atoms with Crippen LogP contribution in [-0.2, 0) is 9.47 Å². The maximum atomic E-state index is 6.51. The van der Waals surface area contributed by atoms with Gasteiger partial charge in [0.2, 0.25) is 0 Å². The van der Waals surface area contributed by atoms with Gasteiger partial charge in [-0.25, -0.2) is 0 Å². The van der Waals surface area contributed by atoms with Crippen molar-refractivity contribution in [3.8, 4) is 17.0 Å². The number of aromatic nitrogens is 1. The minimum Gasteiger partial charge on any atom is -0.492 e. The molecule has 1 aliphatic rings. The van der Waals surface area contributed by atoms with Crippen LogP contribution in [0.3, 0.4) is 0 Å². The number of halogens is 1. The molecule has 0 saturated carbocycles. The Hall–Kier alpha value is -1.62. The number of unbranched alkanes of at least 4 members (excludes halogenated alkanes) is 12. The van der Waals surface area contributed by atoms with Crippen LogP contribution < -0.4 is 4.74 Å². The molecule has 0 amide bonds. The molecular formula is C33H50ClNO3. The lowest BCUT2D eigenvalue weighted by atomic mass is 10.0. The standard InChI is InChI=1S/C33H50ClNO3/c1-3-5-7-9-11-12-13-15-17-27-25-37-33(38-26-27)29-18-20-31(35-24-29)28-19-21-32(30(34)23-28)36-22-16-14-10-8-6-4-2/h18-21,23-24,27,33H,3-17,22,25-26H2,1-2H3/t27-,33-. The van der Waals surface area contributed by atoms with E-state index in [0.29, 0.717) is 17.5 Å². The molecule has 0 radical (unpaired) electrons. The minimum absolute atomic E-state index is 0.326. The quantitative estimate of drug-likeness (QED) is 0.165. The van der Waals surface area contributed by atoms with Crippen LogP contribution in [-0.4, -0.2) is 24.8 Å². The smallest absolute Gasteiger partial charge is 0.185 e. The van der Waals surface area contributed by atoms with Gasteiger partial charge in [0.15, 0.2) is 6.29 Å². The van der Waals surface area contributed by atoms with Crippen LogP contribution >= 0.6 is 11.6 Å². The Morgan fingerprint density at radius 3 is 2.03 bits per heavy atom. The first-order valence-corrected chi connectivity index (χ1v) is 15.7. The Morgan fingerprint density at radius 1 is 0.789 bits per heavy atom. The summed E-state index contributed by atoms with van der Waals surface area (Å²) in [4.78, 5) is 4.66. The van der Waals surface area contributed by atoms with E-state index >= 15 is 0 Å². The van der Waals surface area contributed by atoms with Crippen molar-refractivity contribution in [3.05, 3.63) is 47.1 Å². The van der Waals surface area contributed by atoms with Gasteiger partial charge in [-0.3, -0.25) is 4.98 Å². The zero-order valence-electron chi connectivity index (χ0n) is 23.9. The topological polar surface area (TPSA) is 40.6 Å². The van der Waals surface area contributed by atoms with Gasteiger partial charge < -0.3 is 14.2 Å². The van der Waals surface area contributed by atoms with E-state index in [-0.39, 0.29) is 6.29 Å². The molecule has 4 nitrogen and oxygen atoms in total. The molecule has 0 N–H and O–H groups in total. The number of ether oxygens (including phenoxy) is 3. The Kier molecular flexibility index (Phi) is 15.2. The zero-order chi connectivity index (χ0) is 26.8. The summed E-state index contributed by atoms with van der Waals surface area (Å²) in [5.41, 5.74) is 2.81. The number of benzene rings is 1. The average molecular weight is 544 g/mol. The summed E-state index contributed by atoms with van der Waals surface area (Å²) >= 11 is 6.51. The molecule has 2 heterocycles. The van der Waals surface area contributed by atoms with Crippen LogP contribution in [0.5, 0.6) is 5.75 Å². The number of pyridine rings is 1. The molecule has 0 aliphatic carbocycles. The van der Waals surface area contributed by atoms with Gasteiger partial charge in [0.05, 0.1) is 30.5 Å². The molecule has 0 spiro atoms. The van der Waals surface area contributed by atoms with Crippen molar-refractivity contribution >= 4 is 11.6 Å². The minimum atomic E-state index is -0.326. The van der Waals surface area contributed by atoms with Gasteiger partial charge >= 0.3 is 0 Å². The van der Waals surface area contributed by atoms with E-state index < -0.39 is 0 Å². The van der Waals surface area contributed by atoms with Crippen LogP contribution in [0.25, 0.3) is 11.3 Å². The van der Waals surface area contributed by atoms with Gasteiger partial charge in [-0.05, 0) is 37.1 Å². The first-order chi connectivity index (χ1) is 18.7. The summed E-state index contributed by atoms with van der Waals surface area (Å²) in [5.74, 6) is 1.24. The molecule has 2 aromatic rings. The van der Waals surface area contributed by atoms with Crippen LogP contribution in [0.2, 0.25) is 5.02 Å². The second kappa shape index (κ2) is 18.6. The summed E-state index contributed by atoms with van der Waals surface area (Å²) in [6, 6.07) is 9.96. The molecule has 1 aromatic heterocycles. The van der Waals surface area contributed by atoms with Crippen molar-refractivity contribution in [3.63, 3.8) is 0 Å². The van der Waals surface area contributed by atoms with Crippen molar-refractivity contribution in [2.45, 2.75) is 116 Å². The molecule has 1 aliphatic heterocycles. The lowest BCUT2D eigenvalue weighted by molar-refractivity contribution is -0.206. The molecule has 1 aromatic carbocycles. The first-order valence-electron chi connectivity index (χ1n) is 15.3. The number of hydrogen-bond acceptors (Lipinski definition) is 4. The van der Waals surface area contributed by atoms with E-state index in [4.69, 9.17) is 25.8 Å². The molecule has 3 rings (SSSR count). The van der Waals surface area contributed by atoms with Gasteiger partial charge in [0.25, 0.3) is 0 Å². The molecule has 1 fully saturated rings. The highest BCUT2D eigenvalue weighted by atomic mass is 35.5. The van der Waals surface area contributed by atoms with E-state index in [9.17, 15) is 0 Å². The lowest BCUT2D eigenvalue weighted by Crippen LogP contribution is -2.27. The SMILES string of the molecule is CCCCCCCCCC[C@H]1CO[C@H](c2ccc(-c3ccc(OCCCCCCCC)c(Cl)c3)nc2)OC1. The predicted octanol–water partition coefficient (Wildman–Crippen LogP) is 10.3. The first kappa shape index (κ1) is 30.9. The van der Waals surface area contributed by atoms with Crippen molar-refractivity contribution in [2.75, 3.05) is 19.8 Å². The fourth-order valence-corrected chi connectivity index (χ4v) is 5.26. The fraction of sp³-hybridized carbons (Fsp3) is 0.667. The van der Waals surface area contributed by atoms with Gasteiger partial charge in [-0.1, -0.05) is 115 Å². The van der Waals surface area contributed by atoms with E-state index in [1.54, 1.807) is 0 Å². The van der Waals surface area contributed by atoms with Crippen molar-refractivity contribution in [1.29, 1.82) is 0 Å². The largest absolute Gasteiger partial charge is 0.492 e. The molecule has 5 heteroatoms. The Labute approximate surface area is 236 Å². The Morgan fingerprint density at radius 2 is 1.42 bits per heavy atom. The molecule has 0 atom stereocenters. The van der Waals surface area contributed by atoms with Crippen molar-refractivity contribution in [1.82, 2.24) is 4.98 Å². The van der Waals surface area contributed by atoms with Crippen molar-refractivity contribution < 1.29 is 14.2 Å². The normalized spacial score (nSPS) is 17.6. The maximum absolute atomic E-state index is 6.51. The van der Waals surface area contributed by atoms with Gasteiger partial charge in [0.1, 0.15) is 5.75 Å². The zero-order valence-corrected chi connectivity index (χ0v) is 24.7. The third-order valence-electron chi connectivity index (χ3n) is 7.47. The van der Waals surface area contributed by atoms with Crippen LogP contribution in [0.1, 0.15) is 122 Å². The van der Waals surface area contributed by atoms with E-state index in [0.717, 1.165) is 42.2 Å². The molecule has 38 heavy (non-hydrogen) atoms. The summed E-state index contributed by atoms with van der Waals surface area (Å²) in [5, 5.41) is 0.626. The summed E-state index contributed by atoms with van der Waals surface area (Å²) in [6.45, 7) is 6.75. The van der Waals surface area contributed by atoms with Crippen LogP contribution in [0, 0.1) is 5.92 Å². The molecular weight excluding hydrogens is 494 g/mol. The van der Waals surface area contributed by atoms with Crippen molar-refractivity contribution in [2.24, 2.45) is 5.92 Å². The summed E-state index contributed by atoms with van der Waals surface area (Å²) in [6.07, 6.45) is 21.0. The maximum Gasteiger partial charge on any atom is 0.185 e. The molecule has 212 valence electrons. The molecule has 0 bridgehead atoms. The third-order valence-corrected chi connectivity index (χ3v) is 7.77. The van der Waals surface area contributed by atoms with E-state index in [2.05, 4.69) is 18.8 Å². The van der Waals surface area contributed by atoms with E-state index in [1.807, 2.05) is 36.5 Å². The number of nitrogens with zero attached hydrogens (tertiary/aromatic N) is 1. The van der Waals surface area contributed by atoms with E-state index in [1.165, 1.54) is 89.9 Å². The van der Waals surface area contributed by atoms with Gasteiger partial charge in [-0.2, -0.15) is 0 Å². The second-order valence-electron chi connectivity index (χ2n) is 10.9. The highest BCUT2D eigenvalue weighted by molar-refractivity contribution is 6.32. The highest BCUT2D eigenvalue weighted by Gasteiger charge is 2.23. The summed E-state index contributed by atoms with van der Waals surface area (Å²) < 4.78 is 18.0. The van der Waals surface area contributed by atoms with Gasteiger partial charge in [-0.15, -0.1) is 0 Å². The number of rotatable bonds is 19. The Bertz CT molecular complexity index is 880.